The lowest BCUT2D eigenvalue weighted by atomic mass is 9.95. The van der Waals surface area contributed by atoms with Crippen LogP contribution in [0.3, 0.4) is 0 Å². The number of carbonyl (C=O) groups excluding carboxylic acids is 1. The Morgan fingerprint density at radius 1 is 1.50 bits per heavy atom. The summed E-state index contributed by atoms with van der Waals surface area (Å²) < 4.78 is 0.985. The highest BCUT2D eigenvalue weighted by atomic mass is 32.2. The second-order valence-electron chi connectivity index (χ2n) is 4.86. The van der Waals surface area contributed by atoms with Crippen LogP contribution in [0.15, 0.2) is 9.72 Å². The van der Waals surface area contributed by atoms with Gasteiger partial charge in [0.05, 0.1) is 5.25 Å². The molecule has 1 aliphatic rings. The molecule has 18 heavy (non-hydrogen) atoms. The Kier molecular flexibility index (Phi) is 5.06. The van der Waals surface area contributed by atoms with Crippen molar-refractivity contribution in [2.24, 2.45) is 0 Å². The van der Waals surface area contributed by atoms with Crippen LogP contribution in [0.25, 0.3) is 0 Å². The zero-order valence-corrected chi connectivity index (χ0v) is 12.6. The second kappa shape index (κ2) is 6.57. The summed E-state index contributed by atoms with van der Waals surface area (Å²) in [7, 11) is 0. The van der Waals surface area contributed by atoms with E-state index in [0.29, 0.717) is 6.04 Å². The van der Waals surface area contributed by atoms with Crippen LogP contribution in [0.5, 0.6) is 0 Å². The number of aryl methyl sites for hydroxylation is 1. The van der Waals surface area contributed by atoms with Gasteiger partial charge in [-0.05, 0) is 26.7 Å². The Labute approximate surface area is 117 Å². The van der Waals surface area contributed by atoms with E-state index in [1.165, 1.54) is 19.3 Å². The van der Waals surface area contributed by atoms with E-state index in [-0.39, 0.29) is 11.2 Å². The summed E-state index contributed by atoms with van der Waals surface area (Å²) in [5.74, 6) is 0.153. The number of rotatable bonds is 4. The fraction of sp³-hybridized carbons (Fsp3) is 0.692. The van der Waals surface area contributed by atoms with Crippen LogP contribution in [0.2, 0.25) is 0 Å². The number of thioether (sulfide) groups is 1. The summed E-state index contributed by atoms with van der Waals surface area (Å²) >= 11 is 3.17. The first kappa shape index (κ1) is 13.9. The number of aromatic nitrogens is 1. The van der Waals surface area contributed by atoms with E-state index in [1.807, 2.05) is 19.2 Å². The number of hydrogen-bond donors (Lipinski definition) is 1. The van der Waals surface area contributed by atoms with Gasteiger partial charge in [-0.1, -0.05) is 31.0 Å². The lowest BCUT2D eigenvalue weighted by Crippen LogP contribution is -2.40. The Hall–Kier alpha value is -0.550. The summed E-state index contributed by atoms with van der Waals surface area (Å²) in [6.07, 6.45) is 6.09. The molecule has 0 spiro atoms. The standard InChI is InChI=1S/C13H20N2OS2/c1-9-8-17-13(14-9)18-10(2)12(16)15-11-6-4-3-5-7-11/h8,10-11H,3-7H2,1-2H3,(H,15,16). The highest BCUT2D eigenvalue weighted by molar-refractivity contribution is 8.02. The lowest BCUT2D eigenvalue weighted by molar-refractivity contribution is -0.121. The molecule has 1 aromatic heterocycles. The maximum atomic E-state index is 12.1. The quantitative estimate of drug-likeness (QED) is 0.862. The van der Waals surface area contributed by atoms with Crippen LogP contribution >= 0.6 is 23.1 Å². The molecule has 1 fully saturated rings. The number of thiazole rings is 1. The molecule has 1 N–H and O–H groups in total. The second-order valence-corrected chi connectivity index (χ2v) is 7.30. The SMILES string of the molecule is Cc1csc(SC(C)C(=O)NC2CCCCC2)n1. The van der Waals surface area contributed by atoms with Gasteiger partial charge >= 0.3 is 0 Å². The van der Waals surface area contributed by atoms with Crippen molar-refractivity contribution in [1.82, 2.24) is 10.3 Å². The van der Waals surface area contributed by atoms with Gasteiger partial charge in [0, 0.05) is 17.1 Å². The minimum absolute atomic E-state index is 0.0579. The molecule has 1 aliphatic carbocycles. The minimum atomic E-state index is -0.0579. The van der Waals surface area contributed by atoms with Gasteiger partial charge in [0.1, 0.15) is 0 Å². The summed E-state index contributed by atoms with van der Waals surface area (Å²) in [5, 5.41) is 5.13. The lowest BCUT2D eigenvalue weighted by Gasteiger charge is -2.24. The summed E-state index contributed by atoms with van der Waals surface area (Å²) in [4.78, 5) is 16.4. The van der Waals surface area contributed by atoms with E-state index in [0.717, 1.165) is 22.9 Å². The van der Waals surface area contributed by atoms with Crippen molar-refractivity contribution < 1.29 is 4.79 Å². The molecule has 2 rings (SSSR count). The van der Waals surface area contributed by atoms with Gasteiger partial charge in [0.25, 0.3) is 0 Å². The first-order valence-electron chi connectivity index (χ1n) is 6.54. The summed E-state index contributed by atoms with van der Waals surface area (Å²) in [6.45, 7) is 3.94. The molecule has 100 valence electrons. The fourth-order valence-electron chi connectivity index (χ4n) is 2.16. The largest absolute Gasteiger partial charge is 0.352 e. The van der Waals surface area contributed by atoms with Crippen LogP contribution in [-0.4, -0.2) is 22.2 Å². The normalized spacial score (nSPS) is 18.6. The molecular weight excluding hydrogens is 264 g/mol. The molecule has 1 atom stereocenters. The molecule has 1 aromatic rings. The van der Waals surface area contributed by atoms with Crippen LogP contribution in [0.4, 0.5) is 0 Å². The molecule has 1 heterocycles. The van der Waals surface area contributed by atoms with Crippen molar-refractivity contribution in [3.05, 3.63) is 11.1 Å². The van der Waals surface area contributed by atoms with E-state index in [4.69, 9.17) is 0 Å². The minimum Gasteiger partial charge on any atom is -0.352 e. The zero-order valence-electron chi connectivity index (χ0n) is 10.9. The molecule has 0 bridgehead atoms. The molecule has 1 saturated carbocycles. The van der Waals surface area contributed by atoms with E-state index >= 15 is 0 Å². The van der Waals surface area contributed by atoms with Crippen LogP contribution < -0.4 is 5.32 Å². The van der Waals surface area contributed by atoms with Gasteiger partial charge in [-0.3, -0.25) is 4.79 Å². The molecular formula is C13H20N2OS2. The number of nitrogens with one attached hydrogen (secondary N) is 1. The zero-order chi connectivity index (χ0) is 13.0. The van der Waals surface area contributed by atoms with Crippen LogP contribution in [0.1, 0.15) is 44.7 Å². The molecule has 0 aliphatic heterocycles. The van der Waals surface area contributed by atoms with Crippen LogP contribution in [-0.2, 0) is 4.79 Å². The average molecular weight is 284 g/mol. The van der Waals surface area contributed by atoms with Crippen molar-refractivity contribution in [2.45, 2.75) is 61.6 Å². The molecule has 0 aromatic carbocycles. The number of hydrogen-bond acceptors (Lipinski definition) is 4. The van der Waals surface area contributed by atoms with Gasteiger partial charge in [-0.15, -0.1) is 11.3 Å². The summed E-state index contributed by atoms with van der Waals surface area (Å²) in [6, 6.07) is 0.396. The van der Waals surface area contributed by atoms with E-state index in [1.54, 1.807) is 23.1 Å². The summed E-state index contributed by atoms with van der Waals surface area (Å²) in [5.41, 5.74) is 1.03. The van der Waals surface area contributed by atoms with E-state index < -0.39 is 0 Å². The van der Waals surface area contributed by atoms with Gasteiger partial charge in [-0.2, -0.15) is 0 Å². The first-order valence-corrected chi connectivity index (χ1v) is 8.30. The maximum Gasteiger partial charge on any atom is 0.233 e. The van der Waals surface area contributed by atoms with E-state index in [9.17, 15) is 4.79 Å². The third-order valence-corrected chi connectivity index (χ3v) is 5.39. The topological polar surface area (TPSA) is 42.0 Å². The van der Waals surface area contributed by atoms with Crippen molar-refractivity contribution in [1.29, 1.82) is 0 Å². The molecule has 0 saturated heterocycles. The third-order valence-electron chi connectivity index (χ3n) is 3.20. The highest BCUT2D eigenvalue weighted by Crippen LogP contribution is 2.27. The Morgan fingerprint density at radius 3 is 2.83 bits per heavy atom. The molecule has 5 heteroatoms. The Bertz CT molecular complexity index is 399. The fourth-order valence-corrected chi connectivity index (χ4v) is 4.15. The van der Waals surface area contributed by atoms with Gasteiger partial charge < -0.3 is 5.32 Å². The van der Waals surface area contributed by atoms with Crippen LogP contribution in [0, 0.1) is 6.92 Å². The van der Waals surface area contributed by atoms with Gasteiger partial charge in [0.2, 0.25) is 5.91 Å². The van der Waals surface area contributed by atoms with Gasteiger partial charge in [-0.25, -0.2) is 4.98 Å². The Morgan fingerprint density at radius 2 is 2.22 bits per heavy atom. The maximum absolute atomic E-state index is 12.1. The number of amides is 1. The van der Waals surface area contributed by atoms with Crippen molar-refractivity contribution in [2.75, 3.05) is 0 Å². The predicted octanol–water partition coefficient (Wildman–Crippen LogP) is 3.38. The molecule has 1 unspecified atom stereocenters. The van der Waals surface area contributed by atoms with Crippen molar-refractivity contribution in [3.8, 4) is 0 Å². The molecule has 3 nitrogen and oxygen atoms in total. The van der Waals surface area contributed by atoms with Gasteiger partial charge in [0.15, 0.2) is 4.34 Å². The smallest absolute Gasteiger partial charge is 0.233 e. The first-order chi connectivity index (χ1) is 8.65. The highest BCUT2D eigenvalue weighted by Gasteiger charge is 2.20. The van der Waals surface area contributed by atoms with E-state index in [2.05, 4.69) is 10.3 Å². The molecule has 1 amide bonds. The van der Waals surface area contributed by atoms with Crippen molar-refractivity contribution >= 4 is 29.0 Å². The number of carbonyl (C=O) groups is 1. The average Bonchev–Trinajstić information content (AvgIpc) is 2.76. The predicted molar refractivity (Wildman–Crippen MR) is 77.2 cm³/mol. The van der Waals surface area contributed by atoms with Crippen molar-refractivity contribution in [3.63, 3.8) is 0 Å². The third kappa shape index (κ3) is 3.99. The monoisotopic (exact) mass is 284 g/mol. The number of nitrogens with zero attached hydrogens (tertiary/aromatic N) is 1. The molecule has 0 radical (unpaired) electrons. The Balaban J connectivity index is 1.80.